The van der Waals surface area contributed by atoms with Crippen LogP contribution >= 0.6 is 0 Å². The van der Waals surface area contributed by atoms with Crippen molar-refractivity contribution in [2.45, 2.75) is 57.3 Å². The summed E-state index contributed by atoms with van der Waals surface area (Å²) in [6, 6.07) is 7.30. The van der Waals surface area contributed by atoms with Crippen LogP contribution in [0.4, 0.5) is 0 Å². The molecule has 1 saturated carbocycles. The van der Waals surface area contributed by atoms with Crippen molar-refractivity contribution in [3.8, 4) is 0 Å². The molecular weight excluding hydrogens is 180 g/mol. The highest BCUT2D eigenvalue weighted by Crippen LogP contribution is 2.53. The van der Waals surface area contributed by atoms with E-state index in [1.165, 1.54) is 38.5 Å². The Morgan fingerprint density at radius 1 is 1.13 bits per heavy atom. The fourth-order valence-electron chi connectivity index (χ4n) is 3.43. The molecular formula is C15H20. The second-order valence-electron chi connectivity index (χ2n) is 5.27. The van der Waals surface area contributed by atoms with Gasteiger partial charge >= 0.3 is 0 Å². The molecule has 0 radical (unpaired) electrons. The SMILES string of the molecule is CCCCc1ccc2c(c1)[C@H]1CC[C@@H]2C1. The first-order valence-electron chi connectivity index (χ1n) is 6.51. The van der Waals surface area contributed by atoms with Crippen molar-refractivity contribution in [2.24, 2.45) is 0 Å². The minimum atomic E-state index is 0.922. The summed E-state index contributed by atoms with van der Waals surface area (Å²) in [5, 5.41) is 0. The number of aryl methyl sites for hydroxylation is 1. The van der Waals surface area contributed by atoms with Crippen molar-refractivity contribution < 1.29 is 0 Å². The maximum atomic E-state index is 2.51. The molecule has 15 heavy (non-hydrogen) atoms. The Morgan fingerprint density at radius 3 is 2.73 bits per heavy atom. The lowest BCUT2D eigenvalue weighted by Gasteiger charge is -2.16. The second kappa shape index (κ2) is 3.66. The minimum absolute atomic E-state index is 0.922. The second-order valence-corrected chi connectivity index (χ2v) is 5.27. The third-order valence-electron chi connectivity index (χ3n) is 4.28. The van der Waals surface area contributed by atoms with Gasteiger partial charge in [0.25, 0.3) is 0 Å². The molecule has 0 N–H and O–H groups in total. The van der Waals surface area contributed by atoms with Crippen LogP contribution in [-0.2, 0) is 6.42 Å². The van der Waals surface area contributed by atoms with Crippen LogP contribution in [-0.4, -0.2) is 0 Å². The van der Waals surface area contributed by atoms with Crippen molar-refractivity contribution in [3.05, 3.63) is 34.9 Å². The number of benzene rings is 1. The molecule has 1 aromatic rings. The molecule has 0 spiro atoms. The fourth-order valence-corrected chi connectivity index (χ4v) is 3.43. The molecule has 1 fully saturated rings. The van der Waals surface area contributed by atoms with Crippen molar-refractivity contribution in [3.63, 3.8) is 0 Å². The summed E-state index contributed by atoms with van der Waals surface area (Å²) in [4.78, 5) is 0. The molecule has 80 valence electrons. The molecule has 0 saturated heterocycles. The molecule has 0 nitrogen and oxygen atoms in total. The van der Waals surface area contributed by atoms with E-state index in [2.05, 4.69) is 25.1 Å². The van der Waals surface area contributed by atoms with E-state index in [4.69, 9.17) is 0 Å². The van der Waals surface area contributed by atoms with Gasteiger partial charge in [0.2, 0.25) is 0 Å². The van der Waals surface area contributed by atoms with E-state index in [-0.39, 0.29) is 0 Å². The van der Waals surface area contributed by atoms with E-state index >= 15 is 0 Å². The summed E-state index contributed by atoms with van der Waals surface area (Å²) in [6.07, 6.45) is 8.28. The Hall–Kier alpha value is -0.780. The zero-order valence-corrected chi connectivity index (χ0v) is 9.63. The molecule has 0 heteroatoms. The standard InChI is InChI=1S/C15H20/c1-2-3-4-11-5-8-14-12-6-7-13(10-12)15(14)9-11/h5,8-9,12-13H,2-4,6-7,10H2,1H3/t12-,13+/m1/s1. The minimum Gasteiger partial charge on any atom is -0.0654 e. The van der Waals surface area contributed by atoms with E-state index in [9.17, 15) is 0 Å². The average Bonchev–Trinajstić information content (AvgIpc) is 2.87. The van der Waals surface area contributed by atoms with Crippen LogP contribution < -0.4 is 0 Å². The number of unbranched alkanes of at least 4 members (excludes halogenated alkanes) is 1. The van der Waals surface area contributed by atoms with Crippen LogP contribution in [0, 0.1) is 0 Å². The van der Waals surface area contributed by atoms with Crippen LogP contribution in [0.2, 0.25) is 0 Å². The zero-order valence-electron chi connectivity index (χ0n) is 9.63. The number of rotatable bonds is 3. The topological polar surface area (TPSA) is 0 Å². The summed E-state index contributed by atoms with van der Waals surface area (Å²) in [5.74, 6) is 1.84. The van der Waals surface area contributed by atoms with Gasteiger partial charge in [-0.05, 0) is 60.6 Å². The summed E-state index contributed by atoms with van der Waals surface area (Å²) in [6.45, 7) is 2.27. The van der Waals surface area contributed by atoms with Crippen molar-refractivity contribution in [1.82, 2.24) is 0 Å². The largest absolute Gasteiger partial charge is 0.0654 e. The summed E-state index contributed by atoms with van der Waals surface area (Å²) in [5.41, 5.74) is 4.97. The van der Waals surface area contributed by atoms with Gasteiger partial charge in [0, 0.05) is 0 Å². The van der Waals surface area contributed by atoms with Gasteiger partial charge in [-0.3, -0.25) is 0 Å². The Bertz CT molecular complexity index is 364. The molecule has 2 atom stereocenters. The van der Waals surface area contributed by atoms with Gasteiger partial charge in [0.05, 0.1) is 0 Å². The van der Waals surface area contributed by atoms with Gasteiger partial charge < -0.3 is 0 Å². The highest BCUT2D eigenvalue weighted by molar-refractivity contribution is 5.43. The van der Waals surface area contributed by atoms with E-state index in [1.54, 1.807) is 16.7 Å². The molecule has 0 unspecified atom stereocenters. The van der Waals surface area contributed by atoms with Gasteiger partial charge in [-0.25, -0.2) is 0 Å². The normalized spacial score (nSPS) is 27.0. The van der Waals surface area contributed by atoms with Gasteiger partial charge in [0.15, 0.2) is 0 Å². The third-order valence-corrected chi connectivity index (χ3v) is 4.28. The average molecular weight is 200 g/mol. The molecule has 0 amide bonds. The van der Waals surface area contributed by atoms with Crippen LogP contribution in [0.25, 0.3) is 0 Å². The monoisotopic (exact) mass is 200 g/mol. The van der Waals surface area contributed by atoms with Crippen LogP contribution in [0.5, 0.6) is 0 Å². The lowest BCUT2D eigenvalue weighted by atomic mass is 9.89. The zero-order chi connectivity index (χ0) is 10.3. The first kappa shape index (κ1) is 9.45. The first-order valence-corrected chi connectivity index (χ1v) is 6.51. The Morgan fingerprint density at radius 2 is 1.93 bits per heavy atom. The predicted octanol–water partition coefficient (Wildman–Crippen LogP) is 4.39. The fraction of sp³-hybridized carbons (Fsp3) is 0.600. The van der Waals surface area contributed by atoms with Gasteiger partial charge in [-0.2, -0.15) is 0 Å². The quantitative estimate of drug-likeness (QED) is 0.678. The Balaban J connectivity index is 1.87. The van der Waals surface area contributed by atoms with E-state index in [0.717, 1.165) is 11.8 Å². The van der Waals surface area contributed by atoms with E-state index < -0.39 is 0 Å². The van der Waals surface area contributed by atoms with Crippen molar-refractivity contribution in [2.75, 3.05) is 0 Å². The molecule has 2 aliphatic carbocycles. The maximum absolute atomic E-state index is 2.51. The molecule has 0 aliphatic heterocycles. The van der Waals surface area contributed by atoms with Crippen LogP contribution in [0.1, 0.15) is 67.6 Å². The lowest BCUT2D eigenvalue weighted by molar-refractivity contribution is 0.713. The number of hydrogen-bond acceptors (Lipinski definition) is 0. The maximum Gasteiger partial charge on any atom is -0.0153 e. The van der Waals surface area contributed by atoms with Crippen LogP contribution in [0.15, 0.2) is 18.2 Å². The highest BCUT2D eigenvalue weighted by Gasteiger charge is 2.36. The van der Waals surface area contributed by atoms with Gasteiger partial charge in [0.1, 0.15) is 0 Å². The highest BCUT2D eigenvalue weighted by atomic mass is 14.4. The molecule has 2 bridgehead atoms. The van der Waals surface area contributed by atoms with E-state index in [0.29, 0.717) is 0 Å². The smallest absolute Gasteiger partial charge is 0.0153 e. The van der Waals surface area contributed by atoms with Crippen molar-refractivity contribution in [1.29, 1.82) is 0 Å². The number of hydrogen-bond donors (Lipinski definition) is 0. The third kappa shape index (κ3) is 1.51. The molecule has 1 aromatic carbocycles. The summed E-state index contributed by atoms with van der Waals surface area (Å²) in [7, 11) is 0. The molecule has 0 heterocycles. The van der Waals surface area contributed by atoms with Crippen molar-refractivity contribution >= 4 is 0 Å². The summed E-state index contributed by atoms with van der Waals surface area (Å²) < 4.78 is 0. The van der Waals surface area contributed by atoms with E-state index in [1.807, 2.05) is 0 Å². The Labute approximate surface area is 92.7 Å². The molecule has 0 aromatic heterocycles. The van der Waals surface area contributed by atoms with Gasteiger partial charge in [-0.1, -0.05) is 31.5 Å². The van der Waals surface area contributed by atoms with Gasteiger partial charge in [-0.15, -0.1) is 0 Å². The van der Waals surface area contributed by atoms with Crippen LogP contribution in [0.3, 0.4) is 0 Å². The number of fused-ring (bicyclic) bond motifs is 5. The lowest BCUT2D eigenvalue weighted by Crippen LogP contribution is -1.99. The summed E-state index contributed by atoms with van der Waals surface area (Å²) >= 11 is 0. The molecule has 2 aliphatic rings. The molecule has 3 rings (SSSR count). The Kier molecular flexibility index (Phi) is 2.31. The first-order chi connectivity index (χ1) is 7.38. The predicted molar refractivity (Wildman–Crippen MR) is 64.4 cm³/mol.